The lowest BCUT2D eigenvalue weighted by molar-refractivity contribution is -0.692. The quantitative estimate of drug-likeness (QED) is 0.814. The molecule has 0 fully saturated rings. The molecule has 0 saturated heterocycles. The van der Waals surface area contributed by atoms with Crippen LogP contribution in [0.2, 0.25) is 0 Å². The third kappa shape index (κ3) is 5.70. The molecule has 4 nitrogen and oxygen atoms in total. The summed E-state index contributed by atoms with van der Waals surface area (Å²) in [6, 6.07) is 15.9. The maximum absolute atomic E-state index is 13.1. The number of carbonyl (C=O) groups is 1. The van der Waals surface area contributed by atoms with Gasteiger partial charge >= 0.3 is 0 Å². The average Bonchev–Trinajstić information content (AvgIpc) is 2.58. The summed E-state index contributed by atoms with van der Waals surface area (Å²) >= 11 is 0. The van der Waals surface area contributed by atoms with E-state index in [0.717, 1.165) is 11.1 Å². The lowest BCUT2D eigenvalue weighted by Gasteiger charge is -2.19. The van der Waals surface area contributed by atoms with Crippen LogP contribution in [0, 0.1) is 23.1 Å². The summed E-state index contributed by atoms with van der Waals surface area (Å²) in [7, 11) is 0. The van der Waals surface area contributed by atoms with Gasteiger partial charge in [0.2, 0.25) is 0 Å². The molecular formula is C20H23FN3O+. The number of nitriles is 1. The van der Waals surface area contributed by atoms with Gasteiger partial charge in [0.15, 0.2) is 6.54 Å². The van der Waals surface area contributed by atoms with Crippen molar-refractivity contribution < 1.29 is 14.5 Å². The number of anilines is 1. The van der Waals surface area contributed by atoms with Crippen molar-refractivity contribution in [3.05, 3.63) is 65.5 Å². The average molecular weight is 340 g/mol. The predicted octanol–water partition coefficient (Wildman–Crippen LogP) is 2.79. The number of nitrogens with zero attached hydrogens (tertiary/aromatic N) is 1. The lowest BCUT2D eigenvalue weighted by Crippen LogP contribution is -2.88. The van der Waals surface area contributed by atoms with Gasteiger partial charge in [-0.25, -0.2) is 4.39 Å². The van der Waals surface area contributed by atoms with Crippen molar-refractivity contribution in [1.82, 2.24) is 0 Å². The van der Waals surface area contributed by atoms with Crippen molar-refractivity contribution in [2.45, 2.75) is 26.3 Å². The number of rotatable bonds is 7. The van der Waals surface area contributed by atoms with Crippen LogP contribution in [0.15, 0.2) is 48.5 Å². The molecular weight excluding hydrogens is 317 g/mol. The first kappa shape index (κ1) is 18.6. The number of hydrogen-bond donors (Lipinski definition) is 2. The highest BCUT2D eigenvalue weighted by Crippen LogP contribution is 2.17. The Morgan fingerprint density at radius 2 is 1.80 bits per heavy atom. The summed E-state index contributed by atoms with van der Waals surface area (Å²) in [6.07, 6.45) is 0.357. The highest BCUT2D eigenvalue weighted by Gasteiger charge is 2.20. The van der Waals surface area contributed by atoms with Gasteiger partial charge in [-0.2, -0.15) is 5.26 Å². The Morgan fingerprint density at radius 3 is 2.36 bits per heavy atom. The minimum absolute atomic E-state index is 0.0874. The van der Waals surface area contributed by atoms with Crippen LogP contribution in [-0.2, 0) is 11.2 Å². The fourth-order valence-electron chi connectivity index (χ4n) is 2.72. The van der Waals surface area contributed by atoms with Crippen LogP contribution in [0.25, 0.3) is 0 Å². The van der Waals surface area contributed by atoms with E-state index < -0.39 is 0 Å². The third-order valence-electron chi connectivity index (χ3n) is 4.05. The first-order chi connectivity index (χ1) is 12.0. The molecule has 0 aliphatic heterocycles. The summed E-state index contributed by atoms with van der Waals surface area (Å²) < 4.78 is 13.1. The summed E-state index contributed by atoms with van der Waals surface area (Å²) in [4.78, 5) is 12.2. The number of nitrogens with one attached hydrogen (secondary N) is 1. The molecule has 0 heterocycles. The molecule has 0 unspecified atom stereocenters. The van der Waals surface area contributed by atoms with Crippen LogP contribution >= 0.6 is 0 Å². The molecule has 5 heteroatoms. The standard InChI is InChI=1S/C20H22FN3O/c1-14(2)20(16-5-7-17(21)8-6-16)23-13-19(25)24-18-9-3-15(4-10-18)11-12-22/h3-10,14,20,23H,11,13H2,1-2H3,(H,24,25)/p+1/t20-/m0/s1. The Balaban J connectivity index is 1.92. The normalized spacial score (nSPS) is 11.8. The molecule has 0 radical (unpaired) electrons. The summed E-state index contributed by atoms with van der Waals surface area (Å²) in [5, 5.41) is 13.5. The Labute approximate surface area is 147 Å². The Bertz CT molecular complexity index is 733. The molecule has 0 aromatic heterocycles. The summed E-state index contributed by atoms with van der Waals surface area (Å²) in [5.74, 6) is -0.0480. The van der Waals surface area contributed by atoms with Crippen molar-refractivity contribution in [3.8, 4) is 6.07 Å². The van der Waals surface area contributed by atoms with E-state index in [0.29, 0.717) is 18.0 Å². The SMILES string of the molecule is CC(C)[C@H]([NH2+]CC(=O)Nc1ccc(CC#N)cc1)c1ccc(F)cc1. The number of carbonyl (C=O) groups excluding carboxylic acids is 1. The van der Waals surface area contributed by atoms with Gasteiger partial charge in [0.25, 0.3) is 5.91 Å². The van der Waals surface area contributed by atoms with Gasteiger partial charge in [0.1, 0.15) is 11.9 Å². The van der Waals surface area contributed by atoms with E-state index in [1.54, 1.807) is 24.3 Å². The molecule has 0 aliphatic rings. The fraction of sp³-hybridized carbons (Fsp3) is 0.300. The third-order valence-corrected chi connectivity index (χ3v) is 4.05. The molecule has 2 aromatic rings. The van der Waals surface area contributed by atoms with Crippen molar-refractivity contribution in [3.63, 3.8) is 0 Å². The van der Waals surface area contributed by atoms with Gasteiger partial charge in [-0.3, -0.25) is 4.79 Å². The number of amides is 1. The van der Waals surface area contributed by atoms with Crippen LogP contribution < -0.4 is 10.6 Å². The van der Waals surface area contributed by atoms with E-state index in [2.05, 4.69) is 25.2 Å². The van der Waals surface area contributed by atoms with Crippen LogP contribution in [-0.4, -0.2) is 12.5 Å². The summed E-state index contributed by atoms with van der Waals surface area (Å²) in [6.45, 7) is 4.44. The van der Waals surface area contributed by atoms with Crippen LogP contribution in [0.5, 0.6) is 0 Å². The van der Waals surface area contributed by atoms with E-state index in [-0.39, 0.29) is 24.3 Å². The zero-order chi connectivity index (χ0) is 18.2. The van der Waals surface area contributed by atoms with Gasteiger partial charge in [0.05, 0.1) is 12.5 Å². The lowest BCUT2D eigenvalue weighted by atomic mass is 9.96. The van der Waals surface area contributed by atoms with E-state index in [1.807, 2.05) is 17.4 Å². The molecule has 25 heavy (non-hydrogen) atoms. The first-order valence-corrected chi connectivity index (χ1v) is 8.34. The second-order valence-electron chi connectivity index (χ2n) is 6.34. The van der Waals surface area contributed by atoms with Gasteiger partial charge in [-0.15, -0.1) is 0 Å². The Morgan fingerprint density at radius 1 is 1.16 bits per heavy atom. The van der Waals surface area contributed by atoms with E-state index in [9.17, 15) is 9.18 Å². The van der Waals surface area contributed by atoms with E-state index in [4.69, 9.17) is 5.26 Å². The maximum Gasteiger partial charge on any atom is 0.279 e. The largest absolute Gasteiger partial charge is 0.332 e. The number of halogens is 1. The molecule has 0 spiro atoms. The Kier molecular flexibility index (Phi) is 6.67. The topological polar surface area (TPSA) is 69.5 Å². The Hall–Kier alpha value is -2.71. The van der Waals surface area contributed by atoms with Gasteiger partial charge in [0, 0.05) is 17.2 Å². The molecule has 130 valence electrons. The first-order valence-electron chi connectivity index (χ1n) is 8.34. The molecule has 1 amide bonds. The second-order valence-corrected chi connectivity index (χ2v) is 6.34. The number of nitrogens with two attached hydrogens (primary N) is 1. The fourth-order valence-corrected chi connectivity index (χ4v) is 2.72. The van der Waals surface area contributed by atoms with Gasteiger partial charge in [-0.1, -0.05) is 38.1 Å². The molecule has 0 bridgehead atoms. The number of benzene rings is 2. The molecule has 0 saturated carbocycles. The molecule has 1 atom stereocenters. The van der Waals surface area contributed by atoms with Crippen molar-refractivity contribution >= 4 is 11.6 Å². The van der Waals surface area contributed by atoms with E-state index >= 15 is 0 Å². The van der Waals surface area contributed by atoms with Crippen molar-refractivity contribution in [1.29, 1.82) is 5.26 Å². The highest BCUT2D eigenvalue weighted by molar-refractivity contribution is 5.91. The monoisotopic (exact) mass is 340 g/mol. The predicted molar refractivity (Wildman–Crippen MR) is 95.2 cm³/mol. The smallest absolute Gasteiger partial charge is 0.279 e. The number of quaternary nitrogens is 1. The summed E-state index contributed by atoms with van der Waals surface area (Å²) in [5.41, 5.74) is 2.64. The highest BCUT2D eigenvalue weighted by atomic mass is 19.1. The zero-order valence-corrected chi connectivity index (χ0v) is 14.5. The minimum atomic E-state index is -0.260. The second kappa shape index (κ2) is 8.95. The van der Waals surface area contributed by atoms with Crippen LogP contribution in [0.1, 0.15) is 31.0 Å². The molecule has 3 N–H and O–H groups in total. The van der Waals surface area contributed by atoms with Crippen LogP contribution in [0.3, 0.4) is 0 Å². The van der Waals surface area contributed by atoms with Gasteiger partial charge < -0.3 is 10.6 Å². The van der Waals surface area contributed by atoms with Crippen molar-refractivity contribution in [2.75, 3.05) is 11.9 Å². The zero-order valence-electron chi connectivity index (χ0n) is 14.5. The van der Waals surface area contributed by atoms with Crippen molar-refractivity contribution in [2.24, 2.45) is 5.92 Å². The molecule has 2 rings (SSSR count). The van der Waals surface area contributed by atoms with Crippen LogP contribution in [0.4, 0.5) is 10.1 Å². The molecule has 2 aromatic carbocycles. The van der Waals surface area contributed by atoms with Gasteiger partial charge in [-0.05, 0) is 29.8 Å². The van der Waals surface area contributed by atoms with E-state index in [1.165, 1.54) is 12.1 Å². The maximum atomic E-state index is 13.1. The minimum Gasteiger partial charge on any atom is -0.332 e. The molecule has 0 aliphatic carbocycles. The number of hydrogen-bond acceptors (Lipinski definition) is 2.